The molecule has 0 amide bonds. The molecule has 2 rings (SSSR count). The Bertz CT molecular complexity index is 508. The summed E-state index contributed by atoms with van der Waals surface area (Å²) in [6.45, 7) is 4.78. The molecule has 1 unspecified atom stereocenters. The maximum absolute atomic E-state index is 5.84. The van der Waals surface area contributed by atoms with E-state index < -0.39 is 0 Å². The van der Waals surface area contributed by atoms with Gasteiger partial charge < -0.3 is 11.1 Å². The zero-order valence-electron chi connectivity index (χ0n) is 10.9. The number of hydrogen-bond acceptors (Lipinski definition) is 3. The molecule has 1 aromatic heterocycles. The van der Waals surface area contributed by atoms with Gasteiger partial charge in [-0.2, -0.15) is 0 Å². The number of pyridine rings is 1. The lowest BCUT2D eigenvalue weighted by Crippen LogP contribution is -2.20. The van der Waals surface area contributed by atoms with Gasteiger partial charge in [0.1, 0.15) is 0 Å². The number of aryl methyl sites for hydroxylation is 2. The van der Waals surface area contributed by atoms with Gasteiger partial charge in [-0.15, -0.1) is 0 Å². The first-order valence-electron chi connectivity index (χ1n) is 6.14. The van der Waals surface area contributed by atoms with Crippen LogP contribution in [-0.2, 0) is 0 Å². The summed E-state index contributed by atoms with van der Waals surface area (Å²) in [6.07, 6.45) is 3.58. The highest BCUT2D eigenvalue weighted by atomic mass is 14.9. The van der Waals surface area contributed by atoms with E-state index in [9.17, 15) is 0 Å². The lowest BCUT2D eigenvalue weighted by molar-refractivity contribution is 0.788. The lowest BCUT2D eigenvalue weighted by Gasteiger charge is -2.19. The van der Waals surface area contributed by atoms with Crippen molar-refractivity contribution in [2.24, 2.45) is 5.73 Å². The SMILES string of the molecule is Cc1ccc(NC(CN)c2ccncc2)cc1C. The summed E-state index contributed by atoms with van der Waals surface area (Å²) in [5, 5.41) is 3.46. The van der Waals surface area contributed by atoms with Crippen molar-refractivity contribution in [3.05, 3.63) is 59.4 Å². The van der Waals surface area contributed by atoms with Gasteiger partial charge in [0.25, 0.3) is 0 Å². The first kappa shape index (κ1) is 12.6. The average molecular weight is 241 g/mol. The zero-order chi connectivity index (χ0) is 13.0. The Hall–Kier alpha value is -1.87. The summed E-state index contributed by atoms with van der Waals surface area (Å²) in [4.78, 5) is 4.03. The second kappa shape index (κ2) is 5.65. The summed E-state index contributed by atoms with van der Waals surface area (Å²) in [5.41, 5.74) is 10.7. The van der Waals surface area contributed by atoms with E-state index in [4.69, 9.17) is 5.73 Å². The molecule has 0 spiro atoms. The van der Waals surface area contributed by atoms with E-state index >= 15 is 0 Å². The van der Waals surface area contributed by atoms with Crippen molar-refractivity contribution in [1.82, 2.24) is 4.98 Å². The minimum absolute atomic E-state index is 0.120. The normalized spacial score (nSPS) is 12.2. The molecule has 3 N–H and O–H groups in total. The fraction of sp³-hybridized carbons (Fsp3) is 0.267. The van der Waals surface area contributed by atoms with E-state index in [-0.39, 0.29) is 6.04 Å². The monoisotopic (exact) mass is 241 g/mol. The zero-order valence-corrected chi connectivity index (χ0v) is 10.9. The van der Waals surface area contributed by atoms with Crippen LogP contribution in [0.5, 0.6) is 0 Å². The molecule has 0 aliphatic carbocycles. The number of anilines is 1. The van der Waals surface area contributed by atoms with E-state index in [1.165, 1.54) is 11.1 Å². The maximum Gasteiger partial charge on any atom is 0.0637 e. The van der Waals surface area contributed by atoms with Crippen molar-refractivity contribution in [3.8, 4) is 0 Å². The van der Waals surface area contributed by atoms with Crippen LogP contribution in [-0.4, -0.2) is 11.5 Å². The highest BCUT2D eigenvalue weighted by Crippen LogP contribution is 2.20. The van der Waals surface area contributed by atoms with Crippen LogP contribution in [0.25, 0.3) is 0 Å². The second-order valence-electron chi connectivity index (χ2n) is 4.51. The number of rotatable bonds is 4. The first-order valence-corrected chi connectivity index (χ1v) is 6.14. The molecule has 0 aliphatic heterocycles. The van der Waals surface area contributed by atoms with Crippen molar-refractivity contribution < 1.29 is 0 Å². The van der Waals surface area contributed by atoms with Crippen LogP contribution >= 0.6 is 0 Å². The van der Waals surface area contributed by atoms with Crippen LogP contribution in [0.1, 0.15) is 22.7 Å². The van der Waals surface area contributed by atoms with E-state index in [0.717, 1.165) is 11.3 Å². The molecule has 94 valence electrons. The van der Waals surface area contributed by atoms with Crippen molar-refractivity contribution in [3.63, 3.8) is 0 Å². The molecule has 1 atom stereocenters. The largest absolute Gasteiger partial charge is 0.377 e. The van der Waals surface area contributed by atoms with Crippen LogP contribution < -0.4 is 11.1 Å². The number of aromatic nitrogens is 1. The highest BCUT2D eigenvalue weighted by Gasteiger charge is 2.09. The molecular weight excluding hydrogens is 222 g/mol. The molecule has 2 aromatic rings. The number of nitrogens with zero attached hydrogens (tertiary/aromatic N) is 1. The molecule has 0 bridgehead atoms. The molecular formula is C15H19N3. The van der Waals surface area contributed by atoms with Crippen LogP contribution in [0, 0.1) is 13.8 Å². The van der Waals surface area contributed by atoms with Crippen LogP contribution in [0.4, 0.5) is 5.69 Å². The summed E-state index contributed by atoms with van der Waals surface area (Å²) in [6, 6.07) is 10.5. The van der Waals surface area contributed by atoms with Gasteiger partial charge >= 0.3 is 0 Å². The Morgan fingerprint density at radius 1 is 1.11 bits per heavy atom. The van der Waals surface area contributed by atoms with E-state index in [1.807, 2.05) is 12.1 Å². The molecule has 0 aliphatic rings. The Labute approximate surface area is 108 Å². The third kappa shape index (κ3) is 2.87. The number of nitrogens with two attached hydrogens (primary N) is 1. The third-order valence-electron chi connectivity index (χ3n) is 3.19. The van der Waals surface area contributed by atoms with Gasteiger partial charge in [-0.25, -0.2) is 0 Å². The predicted molar refractivity (Wildman–Crippen MR) is 75.6 cm³/mol. The molecule has 18 heavy (non-hydrogen) atoms. The molecule has 1 aromatic carbocycles. The predicted octanol–water partition coefficient (Wildman–Crippen LogP) is 2.81. The van der Waals surface area contributed by atoms with Crippen molar-refractivity contribution in [2.45, 2.75) is 19.9 Å². The topological polar surface area (TPSA) is 50.9 Å². The third-order valence-corrected chi connectivity index (χ3v) is 3.19. The Balaban J connectivity index is 2.18. The van der Waals surface area contributed by atoms with Gasteiger partial charge in [0, 0.05) is 24.6 Å². The molecule has 3 nitrogen and oxygen atoms in total. The van der Waals surface area contributed by atoms with Crippen molar-refractivity contribution in [1.29, 1.82) is 0 Å². The lowest BCUT2D eigenvalue weighted by atomic mass is 10.1. The van der Waals surface area contributed by atoms with Gasteiger partial charge in [-0.05, 0) is 54.8 Å². The van der Waals surface area contributed by atoms with Gasteiger partial charge in [-0.1, -0.05) is 6.07 Å². The van der Waals surface area contributed by atoms with Gasteiger partial charge in [0.15, 0.2) is 0 Å². The molecule has 0 saturated heterocycles. The Kier molecular flexibility index (Phi) is 3.95. The van der Waals surface area contributed by atoms with Crippen LogP contribution in [0.2, 0.25) is 0 Å². The van der Waals surface area contributed by atoms with Crippen molar-refractivity contribution >= 4 is 5.69 Å². The summed E-state index contributed by atoms with van der Waals surface area (Å²) < 4.78 is 0. The summed E-state index contributed by atoms with van der Waals surface area (Å²) in [5.74, 6) is 0. The number of hydrogen-bond donors (Lipinski definition) is 2. The van der Waals surface area contributed by atoms with E-state index in [2.05, 4.69) is 42.3 Å². The van der Waals surface area contributed by atoms with Crippen LogP contribution in [0.15, 0.2) is 42.7 Å². The van der Waals surface area contributed by atoms with Gasteiger partial charge in [0.05, 0.1) is 6.04 Å². The minimum atomic E-state index is 0.120. The summed E-state index contributed by atoms with van der Waals surface area (Å²) in [7, 11) is 0. The average Bonchev–Trinajstić information content (AvgIpc) is 2.41. The first-order chi connectivity index (χ1) is 8.70. The number of benzene rings is 1. The fourth-order valence-corrected chi connectivity index (χ4v) is 1.91. The smallest absolute Gasteiger partial charge is 0.0637 e. The Morgan fingerprint density at radius 2 is 1.83 bits per heavy atom. The molecule has 0 fully saturated rings. The highest BCUT2D eigenvalue weighted by molar-refractivity contribution is 5.49. The van der Waals surface area contributed by atoms with Gasteiger partial charge in [-0.3, -0.25) is 4.98 Å². The quantitative estimate of drug-likeness (QED) is 0.865. The Morgan fingerprint density at radius 3 is 2.44 bits per heavy atom. The standard InChI is InChI=1S/C15H19N3/c1-11-3-4-14(9-12(11)2)18-15(10-16)13-5-7-17-8-6-13/h3-9,15,18H,10,16H2,1-2H3. The molecule has 1 heterocycles. The van der Waals surface area contributed by atoms with Gasteiger partial charge in [0.2, 0.25) is 0 Å². The van der Waals surface area contributed by atoms with Crippen molar-refractivity contribution in [2.75, 3.05) is 11.9 Å². The molecule has 0 radical (unpaired) electrons. The second-order valence-corrected chi connectivity index (χ2v) is 4.51. The van der Waals surface area contributed by atoms with E-state index in [1.54, 1.807) is 12.4 Å². The molecule has 0 saturated carbocycles. The maximum atomic E-state index is 5.84. The molecule has 3 heteroatoms. The number of nitrogens with one attached hydrogen (secondary N) is 1. The van der Waals surface area contributed by atoms with E-state index in [0.29, 0.717) is 6.54 Å². The fourth-order valence-electron chi connectivity index (χ4n) is 1.91. The van der Waals surface area contributed by atoms with Crippen LogP contribution in [0.3, 0.4) is 0 Å². The minimum Gasteiger partial charge on any atom is -0.377 e. The summed E-state index contributed by atoms with van der Waals surface area (Å²) >= 11 is 0.